The molecule has 0 heterocycles. The second-order valence-electron chi connectivity index (χ2n) is 4.02. The molecule has 0 radical (unpaired) electrons. The van der Waals surface area contributed by atoms with Gasteiger partial charge in [-0.15, -0.1) is 0 Å². The summed E-state index contributed by atoms with van der Waals surface area (Å²) in [6, 6.07) is 6.60. The van der Waals surface area contributed by atoms with E-state index in [4.69, 9.17) is 5.73 Å². The molecular weight excluding hydrogens is 284 g/mol. The van der Waals surface area contributed by atoms with Crippen molar-refractivity contribution in [3.05, 3.63) is 33.8 Å². The molecule has 0 saturated heterocycles. The van der Waals surface area contributed by atoms with Crippen LogP contribution in [0, 0.1) is 0 Å². The Morgan fingerprint density at radius 1 is 1.59 bits per heavy atom. The van der Waals surface area contributed by atoms with Crippen molar-refractivity contribution in [1.29, 1.82) is 0 Å². The highest BCUT2D eigenvalue weighted by molar-refractivity contribution is 9.10. The number of ether oxygens (including phenoxy) is 1. The predicted molar refractivity (Wildman–Crippen MR) is 68.7 cm³/mol. The summed E-state index contributed by atoms with van der Waals surface area (Å²) in [5.74, 6) is 0. The summed E-state index contributed by atoms with van der Waals surface area (Å²) >= 11 is 3.56. The van der Waals surface area contributed by atoms with Crippen LogP contribution in [0.25, 0.3) is 0 Å². The van der Waals surface area contributed by atoms with Crippen molar-refractivity contribution in [1.82, 2.24) is 5.32 Å². The number of primary amides is 1. The average molecular weight is 299 g/mol. The van der Waals surface area contributed by atoms with Crippen LogP contribution in [0.3, 0.4) is 0 Å². The molecule has 0 aromatic heterocycles. The molecule has 1 atom stereocenters. The molecule has 5 heteroatoms. The zero-order valence-electron chi connectivity index (χ0n) is 9.41. The SMILES string of the molecule is NC(=O)OCCNC1CCc2c(Br)cccc21. The van der Waals surface area contributed by atoms with Gasteiger partial charge in [-0.05, 0) is 30.0 Å². The Bertz CT molecular complexity index is 423. The van der Waals surface area contributed by atoms with Gasteiger partial charge >= 0.3 is 6.09 Å². The molecular formula is C12H15BrN2O2. The minimum Gasteiger partial charge on any atom is -0.448 e. The van der Waals surface area contributed by atoms with Crippen molar-refractivity contribution in [2.45, 2.75) is 18.9 Å². The minimum atomic E-state index is -0.721. The molecule has 92 valence electrons. The van der Waals surface area contributed by atoms with E-state index < -0.39 is 6.09 Å². The third-order valence-corrected chi connectivity index (χ3v) is 3.69. The van der Waals surface area contributed by atoms with Gasteiger partial charge in [0, 0.05) is 17.1 Å². The number of hydrogen-bond donors (Lipinski definition) is 2. The number of nitrogens with one attached hydrogen (secondary N) is 1. The number of carbonyl (C=O) groups is 1. The number of halogens is 1. The Morgan fingerprint density at radius 3 is 3.18 bits per heavy atom. The zero-order valence-corrected chi connectivity index (χ0v) is 11.0. The molecule has 1 unspecified atom stereocenters. The number of carbonyl (C=O) groups excluding carboxylic acids is 1. The average Bonchev–Trinajstić information content (AvgIpc) is 2.69. The van der Waals surface area contributed by atoms with E-state index in [2.05, 4.69) is 38.1 Å². The highest BCUT2D eigenvalue weighted by atomic mass is 79.9. The first-order chi connectivity index (χ1) is 8.18. The van der Waals surface area contributed by atoms with E-state index in [1.807, 2.05) is 6.07 Å². The molecule has 0 bridgehead atoms. The number of hydrogen-bond acceptors (Lipinski definition) is 3. The van der Waals surface area contributed by atoms with Gasteiger partial charge in [-0.25, -0.2) is 4.79 Å². The topological polar surface area (TPSA) is 64.4 Å². The molecule has 4 nitrogen and oxygen atoms in total. The molecule has 1 aromatic carbocycles. The van der Waals surface area contributed by atoms with Gasteiger partial charge in [0.2, 0.25) is 0 Å². The van der Waals surface area contributed by atoms with E-state index >= 15 is 0 Å². The summed E-state index contributed by atoms with van der Waals surface area (Å²) in [4.78, 5) is 10.4. The number of fused-ring (bicyclic) bond motifs is 1. The molecule has 3 N–H and O–H groups in total. The lowest BCUT2D eigenvalue weighted by atomic mass is 10.1. The van der Waals surface area contributed by atoms with Crippen LogP contribution in [0.15, 0.2) is 22.7 Å². The first-order valence-electron chi connectivity index (χ1n) is 5.61. The highest BCUT2D eigenvalue weighted by Crippen LogP contribution is 2.35. The predicted octanol–water partition coefficient (Wildman–Crippen LogP) is 2.12. The number of rotatable bonds is 4. The maximum atomic E-state index is 10.4. The zero-order chi connectivity index (χ0) is 12.3. The minimum absolute atomic E-state index is 0.315. The lowest BCUT2D eigenvalue weighted by Crippen LogP contribution is -2.26. The Hall–Kier alpha value is -1.07. The Balaban J connectivity index is 1.89. The lowest BCUT2D eigenvalue weighted by molar-refractivity contribution is 0.156. The maximum Gasteiger partial charge on any atom is 0.404 e. The van der Waals surface area contributed by atoms with Gasteiger partial charge in [-0.2, -0.15) is 0 Å². The van der Waals surface area contributed by atoms with Gasteiger partial charge in [-0.1, -0.05) is 28.1 Å². The molecule has 1 amide bonds. The van der Waals surface area contributed by atoms with Crippen molar-refractivity contribution in [2.75, 3.05) is 13.2 Å². The van der Waals surface area contributed by atoms with E-state index in [0.29, 0.717) is 19.2 Å². The van der Waals surface area contributed by atoms with Gasteiger partial charge in [-0.3, -0.25) is 0 Å². The van der Waals surface area contributed by atoms with Crippen LogP contribution in [0.2, 0.25) is 0 Å². The van der Waals surface area contributed by atoms with E-state index in [0.717, 1.165) is 12.8 Å². The molecule has 0 saturated carbocycles. The number of nitrogens with two attached hydrogens (primary N) is 1. The molecule has 17 heavy (non-hydrogen) atoms. The third kappa shape index (κ3) is 2.98. The Morgan fingerprint density at radius 2 is 2.41 bits per heavy atom. The summed E-state index contributed by atoms with van der Waals surface area (Å²) in [6.45, 7) is 0.939. The monoisotopic (exact) mass is 298 g/mol. The molecule has 1 aliphatic carbocycles. The normalized spacial score (nSPS) is 17.8. The van der Waals surface area contributed by atoms with Crippen LogP contribution in [0.4, 0.5) is 4.79 Å². The van der Waals surface area contributed by atoms with Crippen molar-refractivity contribution < 1.29 is 9.53 Å². The Kier molecular flexibility index (Phi) is 4.02. The first kappa shape index (κ1) is 12.4. The van der Waals surface area contributed by atoms with Crippen LogP contribution in [-0.2, 0) is 11.2 Å². The standard InChI is InChI=1S/C12H15BrN2O2/c13-10-3-1-2-9-8(10)4-5-11(9)15-6-7-17-12(14)16/h1-3,11,15H,4-7H2,(H2,14,16). The van der Waals surface area contributed by atoms with E-state index in [-0.39, 0.29) is 0 Å². The molecule has 0 spiro atoms. The van der Waals surface area contributed by atoms with Crippen molar-refractivity contribution in [3.63, 3.8) is 0 Å². The second-order valence-corrected chi connectivity index (χ2v) is 4.87. The molecule has 1 aliphatic rings. The first-order valence-corrected chi connectivity index (χ1v) is 6.40. The number of benzene rings is 1. The fourth-order valence-electron chi connectivity index (χ4n) is 2.21. The largest absolute Gasteiger partial charge is 0.448 e. The molecule has 0 aliphatic heterocycles. The van der Waals surface area contributed by atoms with E-state index in [9.17, 15) is 4.79 Å². The summed E-state index contributed by atoms with van der Waals surface area (Å²) in [5.41, 5.74) is 7.60. The van der Waals surface area contributed by atoms with Gasteiger partial charge in [0.1, 0.15) is 6.61 Å². The van der Waals surface area contributed by atoms with Crippen LogP contribution in [-0.4, -0.2) is 19.2 Å². The number of amides is 1. The van der Waals surface area contributed by atoms with Gasteiger partial charge in [0.25, 0.3) is 0 Å². The Labute approximate surface area is 109 Å². The summed E-state index contributed by atoms with van der Waals surface area (Å²) in [6.07, 6.45) is 1.43. The van der Waals surface area contributed by atoms with Gasteiger partial charge in [0.15, 0.2) is 0 Å². The van der Waals surface area contributed by atoms with Crippen molar-refractivity contribution in [3.8, 4) is 0 Å². The quantitative estimate of drug-likeness (QED) is 0.837. The maximum absolute atomic E-state index is 10.4. The smallest absolute Gasteiger partial charge is 0.404 e. The van der Waals surface area contributed by atoms with E-state index in [1.165, 1.54) is 15.6 Å². The van der Waals surface area contributed by atoms with Crippen molar-refractivity contribution in [2.24, 2.45) is 5.73 Å². The van der Waals surface area contributed by atoms with E-state index in [1.54, 1.807) is 0 Å². The van der Waals surface area contributed by atoms with Crippen LogP contribution >= 0.6 is 15.9 Å². The fourth-order valence-corrected chi connectivity index (χ4v) is 2.79. The second kappa shape index (κ2) is 5.51. The molecule has 0 fully saturated rings. The van der Waals surface area contributed by atoms with Crippen molar-refractivity contribution >= 4 is 22.0 Å². The third-order valence-electron chi connectivity index (χ3n) is 2.95. The lowest BCUT2D eigenvalue weighted by Gasteiger charge is -2.13. The van der Waals surface area contributed by atoms with Crippen LogP contribution < -0.4 is 11.1 Å². The van der Waals surface area contributed by atoms with Crippen LogP contribution in [0.5, 0.6) is 0 Å². The summed E-state index contributed by atoms with van der Waals surface area (Å²) in [7, 11) is 0. The van der Waals surface area contributed by atoms with Crippen LogP contribution in [0.1, 0.15) is 23.6 Å². The van der Waals surface area contributed by atoms with Gasteiger partial charge in [0.05, 0.1) is 0 Å². The summed E-state index contributed by atoms with van der Waals surface area (Å²) in [5, 5.41) is 3.37. The molecule has 2 rings (SSSR count). The highest BCUT2D eigenvalue weighted by Gasteiger charge is 2.23. The molecule has 1 aromatic rings. The van der Waals surface area contributed by atoms with Gasteiger partial charge < -0.3 is 15.8 Å². The summed E-state index contributed by atoms with van der Waals surface area (Å²) < 4.78 is 5.85. The fraction of sp³-hybridized carbons (Fsp3) is 0.417.